The van der Waals surface area contributed by atoms with E-state index in [0.717, 1.165) is 5.56 Å². The largest absolute Gasteiger partial charge is 0.472 e. The van der Waals surface area contributed by atoms with Crippen molar-refractivity contribution in [3.63, 3.8) is 0 Å². The second kappa shape index (κ2) is 8.87. The van der Waals surface area contributed by atoms with E-state index in [1.807, 2.05) is 27.7 Å². The van der Waals surface area contributed by atoms with Crippen LogP contribution in [0.4, 0.5) is 0 Å². The first-order chi connectivity index (χ1) is 15.6. The Morgan fingerprint density at radius 3 is 2.64 bits per heavy atom. The van der Waals surface area contributed by atoms with Crippen LogP contribution in [0.3, 0.4) is 0 Å². The molecule has 2 saturated carbocycles. The van der Waals surface area contributed by atoms with Crippen molar-refractivity contribution < 1.29 is 37.7 Å². The predicted molar refractivity (Wildman–Crippen MR) is 116 cm³/mol. The Morgan fingerprint density at radius 1 is 1.24 bits per heavy atom. The smallest absolute Gasteiger partial charge is 0.310 e. The highest BCUT2D eigenvalue weighted by molar-refractivity contribution is 5.92. The average Bonchev–Trinajstić information content (AvgIpc) is 3.28. The molecule has 0 unspecified atom stereocenters. The molecule has 33 heavy (non-hydrogen) atoms. The van der Waals surface area contributed by atoms with Crippen molar-refractivity contribution >= 4 is 17.7 Å². The van der Waals surface area contributed by atoms with Crippen molar-refractivity contribution in [1.82, 2.24) is 0 Å². The number of fused-ring (bicyclic) bond motifs is 3. The number of rotatable bonds is 6. The van der Waals surface area contributed by atoms with Crippen LogP contribution in [0.5, 0.6) is 0 Å². The third-order valence-electron chi connectivity index (χ3n) is 8.17. The molecule has 3 fully saturated rings. The monoisotopic (exact) mass is 462 g/mol. The van der Waals surface area contributed by atoms with Gasteiger partial charge in [0.1, 0.15) is 19.0 Å². The SMILES string of the molecule is COC(=O)[C@@H]1C[C@H](OCOC(C)C)C(=O)[C@H]2[C@@]1(C)CC[C@H]1C(=O)O[C@@H](c3ccoc3)C[C@]21C. The quantitative estimate of drug-likeness (QED) is 0.464. The summed E-state index contributed by atoms with van der Waals surface area (Å²) in [7, 11) is 1.37. The summed E-state index contributed by atoms with van der Waals surface area (Å²) in [5, 5.41) is 0. The Morgan fingerprint density at radius 2 is 2.00 bits per heavy atom. The van der Waals surface area contributed by atoms with Crippen LogP contribution in [-0.4, -0.2) is 43.8 Å². The number of methoxy groups -OCH3 is 1. The van der Waals surface area contributed by atoms with Gasteiger partial charge in [-0.3, -0.25) is 14.4 Å². The predicted octanol–water partition coefficient (Wildman–Crippen LogP) is 3.84. The molecule has 1 saturated heterocycles. The second-order valence-corrected chi connectivity index (χ2v) is 10.4. The number of carbonyl (C=O) groups is 3. The summed E-state index contributed by atoms with van der Waals surface area (Å²) in [6.45, 7) is 7.72. The molecule has 4 rings (SSSR count). The van der Waals surface area contributed by atoms with Gasteiger partial charge in [-0.15, -0.1) is 0 Å². The van der Waals surface area contributed by atoms with Crippen LogP contribution in [0.15, 0.2) is 23.0 Å². The molecule has 0 N–H and O–H groups in total. The van der Waals surface area contributed by atoms with Crippen molar-refractivity contribution in [2.24, 2.45) is 28.6 Å². The number of esters is 2. The normalized spacial score (nSPS) is 38.4. The van der Waals surface area contributed by atoms with Gasteiger partial charge in [0.25, 0.3) is 0 Å². The molecule has 182 valence electrons. The van der Waals surface area contributed by atoms with E-state index in [1.54, 1.807) is 18.6 Å². The Hall–Kier alpha value is -2.19. The molecule has 8 heteroatoms. The molecule has 0 bridgehead atoms. The summed E-state index contributed by atoms with van der Waals surface area (Å²) in [6.07, 6.45) is 3.59. The number of ketones is 1. The first-order valence-electron chi connectivity index (χ1n) is 11.7. The number of cyclic esters (lactones) is 1. The molecular formula is C25H34O8. The highest BCUT2D eigenvalue weighted by Gasteiger charge is 2.67. The molecule has 7 atom stereocenters. The highest BCUT2D eigenvalue weighted by Crippen LogP contribution is 2.65. The van der Waals surface area contributed by atoms with Gasteiger partial charge in [0, 0.05) is 11.5 Å². The van der Waals surface area contributed by atoms with Crippen molar-refractivity contribution in [2.75, 3.05) is 13.9 Å². The van der Waals surface area contributed by atoms with E-state index in [1.165, 1.54) is 7.11 Å². The van der Waals surface area contributed by atoms with Gasteiger partial charge in [-0.2, -0.15) is 0 Å². The molecule has 1 aromatic heterocycles. The lowest BCUT2D eigenvalue weighted by molar-refractivity contribution is -0.214. The number of carbonyl (C=O) groups excluding carboxylic acids is 3. The maximum atomic E-state index is 14.0. The van der Waals surface area contributed by atoms with E-state index in [0.29, 0.717) is 19.3 Å². The molecule has 8 nitrogen and oxygen atoms in total. The first kappa shape index (κ1) is 24.0. The van der Waals surface area contributed by atoms with Gasteiger partial charge in [0.15, 0.2) is 5.78 Å². The van der Waals surface area contributed by atoms with E-state index < -0.39 is 40.8 Å². The zero-order valence-corrected chi connectivity index (χ0v) is 20.0. The molecule has 0 radical (unpaired) electrons. The Labute approximate surface area is 194 Å². The molecule has 0 amide bonds. The highest BCUT2D eigenvalue weighted by atomic mass is 16.7. The molecule has 2 heterocycles. The topological polar surface area (TPSA) is 101 Å². The molecule has 1 aromatic rings. The lowest BCUT2D eigenvalue weighted by atomic mass is 9.43. The molecular weight excluding hydrogens is 428 g/mol. The summed E-state index contributed by atoms with van der Waals surface area (Å²) >= 11 is 0. The minimum atomic E-state index is -0.799. The number of hydrogen-bond donors (Lipinski definition) is 0. The molecule has 3 aliphatic rings. The van der Waals surface area contributed by atoms with E-state index in [4.69, 9.17) is 23.4 Å². The Balaban J connectivity index is 1.72. The van der Waals surface area contributed by atoms with Crippen molar-refractivity contribution in [3.05, 3.63) is 24.2 Å². The summed E-state index contributed by atoms with van der Waals surface area (Å²) in [6, 6.07) is 1.78. The number of hydrogen-bond acceptors (Lipinski definition) is 8. The van der Waals surface area contributed by atoms with Crippen LogP contribution < -0.4 is 0 Å². The van der Waals surface area contributed by atoms with Crippen molar-refractivity contribution in [3.8, 4) is 0 Å². The van der Waals surface area contributed by atoms with E-state index in [-0.39, 0.29) is 37.0 Å². The third kappa shape index (κ3) is 4.01. The summed E-state index contributed by atoms with van der Waals surface area (Å²) in [5.74, 6) is -2.22. The van der Waals surface area contributed by atoms with Crippen molar-refractivity contribution in [2.45, 2.75) is 71.7 Å². The maximum Gasteiger partial charge on any atom is 0.310 e. The number of Topliss-reactive ketones (excluding diaryl/α,β-unsaturated/α-hetero) is 1. The Kier molecular flexibility index (Phi) is 6.44. The van der Waals surface area contributed by atoms with Crippen molar-refractivity contribution in [1.29, 1.82) is 0 Å². The van der Waals surface area contributed by atoms with Crippen LogP contribution in [-0.2, 0) is 33.3 Å². The van der Waals surface area contributed by atoms with E-state index in [9.17, 15) is 14.4 Å². The van der Waals surface area contributed by atoms with E-state index in [2.05, 4.69) is 0 Å². The van der Waals surface area contributed by atoms with Gasteiger partial charge < -0.3 is 23.4 Å². The van der Waals surface area contributed by atoms with Crippen LogP contribution >= 0.6 is 0 Å². The van der Waals surface area contributed by atoms with Gasteiger partial charge in [0.05, 0.1) is 37.6 Å². The van der Waals surface area contributed by atoms with Gasteiger partial charge in [0.2, 0.25) is 0 Å². The minimum Gasteiger partial charge on any atom is -0.472 e. The van der Waals surface area contributed by atoms with Crippen LogP contribution in [0.2, 0.25) is 0 Å². The Bertz CT molecular complexity index is 892. The van der Waals surface area contributed by atoms with E-state index >= 15 is 0 Å². The second-order valence-electron chi connectivity index (χ2n) is 10.4. The molecule has 2 aliphatic carbocycles. The van der Waals surface area contributed by atoms with Gasteiger partial charge in [-0.05, 0) is 56.4 Å². The van der Waals surface area contributed by atoms with Crippen LogP contribution in [0.1, 0.15) is 65.0 Å². The molecule has 0 spiro atoms. The first-order valence-corrected chi connectivity index (χ1v) is 11.7. The fourth-order valence-electron chi connectivity index (χ4n) is 6.56. The van der Waals surface area contributed by atoms with Gasteiger partial charge >= 0.3 is 11.9 Å². The van der Waals surface area contributed by atoms with Gasteiger partial charge in [-0.1, -0.05) is 13.8 Å². The lowest BCUT2D eigenvalue weighted by Crippen LogP contribution is -2.64. The zero-order valence-electron chi connectivity index (χ0n) is 20.0. The standard InChI is InChI=1S/C25H34O8/c1-14(2)31-13-32-18-10-17(22(27)29-5)24(3)8-6-16-23(28)33-19(15-7-9-30-12-15)11-25(16,4)21(24)20(18)26/h7,9,12,14,16-19,21H,6,8,10-11,13H2,1-5H3/t16-,17-,18-,19+,21-,24-,25-/m0/s1. The fourth-order valence-corrected chi connectivity index (χ4v) is 6.56. The fraction of sp³-hybridized carbons (Fsp3) is 0.720. The summed E-state index contributed by atoms with van der Waals surface area (Å²) < 4.78 is 27.5. The van der Waals surface area contributed by atoms with Gasteiger partial charge in [-0.25, -0.2) is 0 Å². The lowest BCUT2D eigenvalue weighted by Gasteiger charge is -2.61. The number of ether oxygens (including phenoxy) is 4. The third-order valence-corrected chi connectivity index (χ3v) is 8.17. The maximum absolute atomic E-state index is 14.0. The summed E-state index contributed by atoms with van der Waals surface area (Å²) in [5.41, 5.74) is -0.581. The van der Waals surface area contributed by atoms with Crippen LogP contribution in [0.25, 0.3) is 0 Å². The zero-order chi connectivity index (χ0) is 24.0. The average molecular weight is 463 g/mol. The minimum absolute atomic E-state index is 0.0365. The summed E-state index contributed by atoms with van der Waals surface area (Å²) in [4.78, 5) is 40.0. The number of furan rings is 1. The van der Waals surface area contributed by atoms with Crippen LogP contribution in [0, 0.1) is 28.6 Å². The molecule has 1 aliphatic heterocycles. The molecule has 0 aromatic carbocycles.